The molecule has 1 saturated heterocycles. The van der Waals surface area contributed by atoms with Crippen molar-refractivity contribution < 1.29 is 53.8 Å². The second-order valence-electron chi connectivity index (χ2n) is 8.39. The number of benzene rings is 1. The number of hydrogen-bond donors (Lipinski definition) is 3. The van der Waals surface area contributed by atoms with Crippen LogP contribution in [0.4, 0.5) is 43.9 Å². The van der Waals surface area contributed by atoms with E-state index in [-0.39, 0.29) is 22.7 Å². The van der Waals surface area contributed by atoms with Crippen LogP contribution in [0.2, 0.25) is 0 Å². The van der Waals surface area contributed by atoms with E-state index in [1.54, 1.807) is 5.43 Å². The molecular formula is C20H18F10N4O2S. The topological polar surface area (TPSA) is 91.5 Å². The summed E-state index contributed by atoms with van der Waals surface area (Å²) >= 11 is 0.428. The number of carbonyl (C=O) groups is 1. The SMILES string of the molecule is C[C@H]1CC(F)(F)CN1Cc1nc(C(=O)NN)sc1-c1ccc(C(O)(C(F)(F)F)C(F)(F)F)cc1C(F)F. The van der Waals surface area contributed by atoms with E-state index in [2.05, 4.69) is 4.98 Å². The number of nitrogens with zero attached hydrogens (tertiary/aromatic N) is 2. The minimum atomic E-state index is -6.31. The number of likely N-dealkylation sites (tertiary alicyclic amines) is 1. The van der Waals surface area contributed by atoms with Crippen LogP contribution in [0.5, 0.6) is 0 Å². The first-order valence-electron chi connectivity index (χ1n) is 10.2. The van der Waals surface area contributed by atoms with Gasteiger partial charge in [-0.3, -0.25) is 15.1 Å². The van der Waals surface area contributed by atoms with E-state index in [4.69, 9.17) is 5.84 Å². The third-order valence-corrected chi connectivity index (χ3v) is 6.93. The summed E-state index contributed by atoms with van der Waals surface area (Å²) in [6, 6.07) is -0.190. The van der Waals surface area contributed by atoms with Crippen LogP contribution in [-0.2, 0) is 12.1 Å². The van der Waals surface area contributed by atoms with Gasteiger partial charge in [0.1, 0.15) is 0 Å². The van der Waals surface area contributed by atoms with Crippen LogP contribution in [0, 0.1) is 0 Å². The minimum Gasteiger partial charge on any atom is -0.369 e. The van der Waals surface area contributed by atoms with Gasteiger partial charge in [-0.25, -0.2) is 28.4 Å². The number of amides is 1. The molecule has 0 unspecified atom stereocenters. The van der Waals surface area contributed by atoms with E-state index in [1.165, 1.54) is 11.8 Å². The Morgan fingerprint density at radius 1 is 1.24 bits per heavy atom. The normalized spacial score (nSPS) is 19.0. The lowest BCUT2D eigenvalue weighted by molar-refractivity contribution is -0.376. The molecule has 37 heavy (non-hydrogen) atoms. The standard InChI is InChI=1S/C20H18F10N4O2S/c1-8-5-17(23,24)7-34(8)6-12-13(37-16(32-12)15(35)33-31)10-3-2-9(4-11(10)14(21)22)18(36,19(25,26)27)20(28,29)30/h2-4,8,14,36H,5-7,31H2,1H3,(H,33,35)/t8-/m0/s1. The summed E-state index contributed by atoms with van der Waals surface area (Å²) in [5, 5.41) is 9.19. The minimum absolute atomic E-state index is 0.139. The maximum Gasteiger partial charge on any atom is 0.430 e. The number of aliphatic hydroxyl groups is 1. The highest BCUT2D eigenvalue weighted by molar-refractivity contribution is 7.17. The molecule has 1 amide bonds. The Morgan fingerprint density at radius 3 is 2.30 bits per heavy atom. The van der Waals surface area contributed by atoms with Crippen molar-refractivity contribution in [2.45, 2.75) is 56.2 Å². The molecule has 0 saturated carbocycles. The Balaban J connectivity index is 2.19. The fourth-order valence-electron chi connectivity index (χ4n) is 3.97. The Bertz CT molecular complexity index is 1150. The van der Waals surface area contributed by atoms with Gasteiger partial charge >= 0.3 is 12.4 Å². The largest absolute Gasteiger partial charge is 0.430 e. The Labute approximate surface area is 206 Å². The molecule has 0 radical (unpaired) electrons. The van der Waals surface area contributed by atoms with Gasteiger partial charge in [0.25, 0.3) is 23.9 Å². The Kier molecular flexibility index (Phi) is 7.59. The molecule has 3 rings (SSSR count). The van der Waals surface area contributed by atoms with Gasteiger partial charge in [-0.1, -0.05) is 12.1 Å². The number of halogens is 10. The van der Waals surface area contributed by atoms with Crippen LogP contribution in [-0.4, -0.2) is 51.8 Å². The average molecular weight is 568 g/mol. The summed E-state index contributed by atoms with van der Waals surface area (Å²) in [6.45, 7) is 0.309. The molecule has 206 valence electrons. The lowest BCUT2D eigenvalue weighted by Gasteiger charge is -2.33. The van der Waals surface area contributed by atoms with Crippen LogP contribution < -0.4 is 11.3 Å². The number of rotatable bonds is 6. The summed E-state index contributed by atoms with van der Waals surface area (Å²) < 4.78 is 135. The third-order valence-electron chi connectivity index (χ3n) is 5.80. The first-order chi connectivity index (χ1) is 16.8. The van der Waals surface area contributed by atoms with Gasteiger partial charge < -0.3 is 5.11 Å². The zero-order valence-electron chi connectivity index (χ0n) is 18.5. The van der Waals surface area contributed by atoms with E-state index < -0.39 is 83.5 Å². The quantitative estimate of drug-likeness (QED) is 0.200. The number of hydrogen-bond acceptors (Lipinski definition) is 6. The molecule has 0 aliphatic carbocycles. The van der Waals surface area contributed by atoms with E-state index in [9.17, 15) is 53.8 Å². The molecule has 1 atom stereocenters. The Hall–Kier alpha value is -2.50. The lowest BCUT2D eigenvalue weighted by atomic mass is 9.89. The number of nitrogens with one attached hydrogen (secondary N) is 1. The van der Waals surface area contributed by atoms with E-state index in [0.717, 1.165) is 0 Å². The van der Waals surface area contributed by atoms with Crippen molar-refractivity contribution in [2.24, 2.45) is 5.84 Å². The van der Waals surface area contributed by atoms with Gasteiger partial charge in [0.15, 0.2) is 5.01 Å². The molecule has 1 aliphatic heterocycles. The fraction of sp³-hybridized carbons (Fsp3) is 0.500. The van der Waals surface area contributed by atoms with Crippen molar-refractivity contribution in [1.29, 1.82) is 0 Å². The monoisotopic (exact) mass is 568 g/mol. The van der Waals surface area contributed by atoms with Crippen LogP contribution in [0.1, 0.15) is 46.4 Å². The predicted molar refractivity (Wildman–Crippen MR) is 110 cm³/mol. The number of carbonyl (C=O) groups excluding carboxylic acids is 1. The maximum atomic E-state index is 13.9. The van der Waals surface area contributed by atoms with Gasteiger partial charge in [0, 0.05) is 35.7 Å². The molecule has 17 heteroatoms. The number of aromatic nitrogens is 1. The zero-order chi connectivity index (χ0) is 28.1. The van der Waals surface area contributed by atoms with Gasteiger partial charge in [-0.2, -0.15) is 26.3 Å². The third kappa shape index (κ3) is 5.39. The molecule has 4 N–H and O–H groups in total. The second-order valence-corrected chi connectivity index (χ2v) is 9.39. The molecule has 2 aromatic rings. The van der Waals surface area contributed by atoms with Crippen molar-refractivity contribution in [3.05, 3.63) is 40.0 Å². The van der Waals surface area contributed by atoms with Gasteiger partial charge in [0.2, 0.25) is 0 Å². The summed E-state index contributed by atoms with van der Waals surface area (Å²) in [5.74, 6) is 0.963. The molecule has 1 aromatic heterocycles. The highest BCUT2D eigenvalue weighted by Crippen LogP contribution is 2.51. The summed E-state index contributed by atoms with van der Waals surface area (Å²) in [7, 11) is 0. The number of thiazole rings is 1. The highest BCUT2D eigenvalue weighted by atomic mass is 32.1. The van der Waals surface area contributed by atoms with Gasteiger partial charge in [0.05, 0.1) is 17.1 Å². The van der Waals surface area contributed by atoms with Crippen LogP contribution in [0.3, 0.4) is 0 Å². The van der Waals surface area contributed by atoms with Crippen molar-refractivity contribution in [2.75, 3.05) is 6.54 Å². The smallest absolute Gasteiger partial charge is 0.369 e. The summed E-state index contributed by atoms with van der Waals surface area (Å²) in [6.07, 6.45) is -16.8. The molecular weight excluding hydrogens is 550 g/mol. The number of hydrazine groups is 1. The molecule has 2 heterocycles. The number of nitrogen functional groups attached to an aromatic ring is 1. The van der Waals surface area contributed by atoms with Gasteiger partial charge in [-0.15, -0.1) is 11.3 Å². The first-order valence-corrected chi connectivity index (χ1v) is 11.1. The number of alkyl halides is 10. The number of nitrogens with two attached hydrogens (primary N) is 1. The maximum absolute atomic E-state index is 13.9. The van der Waals surface area contributed by atoms with Crippen molar-refractivity contribution >= 4 is 17.2 Å². The van der Waals surface area contributed by atoms with Crippen LogP contribution in [0.15, 0.2) is 18.2 Å². The molecule has 0 bridgehead atoms. The lowest BCUT2D eigenvalue weighted by Crippen LogP contribution is -2.54. The molecule has 0 spiro atoms. The van der Waals surface area contributed by atoms with Crippen molar-refractivity contribution in [3.63, 3.8) is 0 Å². The molecule has 1 aromatic carbocycles. The molecule has 1 aliphatic rings. The molecule has 6 nitrogen and oxygen atoms in total. The van der Waals surface area contributed by atoms with E-state index in [0.29, 0.717) is 17.4 Å². The second kappa shape index (κ2) is 9.67. The zero-order valence-corrected chi connectivity index (χ0v) is 19.3. The van der Waals surface area contributed by atoms with Crippen molar-refractivity contribution in [3.8, 4) is 10.4 Å². The van der Waals surface area contributed by atoms with Crippen molar-refractivity contribution in [1.82, 2.24) is 15.3 Å². The Morgan fingerprint density at radius 2 is 1.84 bits per heavy atom. The van der Waals surface area contributed by atoms with Crippen LogP contribution >= 0.6 is 11.3 Å². The fourth-order valence-corrected chi connectivity index (χ4v) is 5.00. The average Bonchev–Trinajstić information content (AvgIpc) is 3.29. The first kappa shape index (κ1) is 29.1. The van der Waals surface area contributed by atoms with E-state index in [1.807, 2.05) is 0 Å². The molecule has 1 fully saturated rings. The highest BCUT2D eigenvalue weighted by Gasteiger charge is 2.71. The van der Waals surface area contributed by atoms with Gasteiger partial charge in [-0.05, 0) is 13.0 Å². The van der Waals surface area contributed by atoms with Crippen LogP contribution in [0.25, 0.3) is 10.4 Å². The summed E-state index contributed by atoms with van der Waals surface area (Å²) in [5.41, 5.74) is -7.78. The predicted octanol–water partition coefficient (Wildman–Crippen LogP) is 4.89. The van der Waals surface area contributed by atoms with E-state index >= 15 is 0 Å². The summed E-state index contributed by atoms with van der Waals surface area (Å²) in [4.78, 5) is 16.9.